The van der Waals surface area contributed by atoms with Crippen molar-refractivity contribution in [2.75, 3.05) is 0 Å². The van der Waals surface area contributed by atoms with Gasteiger partial charge in [-0.05, 0) is 0 Å². The highest BCUT2D eigenvalue weighted by Gasteiger charge is 2.97. The molecule has 0 radical (unpaired) electrons. The third-order valence-electron chi connectivity index (χ3n) is 3.60. The van der Waals surface area contributed by atoms with Crippen molar-refractivity contribution in [3.05, 3.63) is 0 Å². The SMILES string of the molecule is O=C(O)C(=O)C(F)(F)C(F)(F)C(F)(F)C(F)(F)C(F)(F)C(F)(F)C(F)(F)C(F)(F)C(F)(F)F. The quantitative estimate of drug-likeness (QED) is 0.319. The average molecular weight is 542 g/mol. The van der Waals surface area contributed by atoms with Gasteiger partial charge < -0.3 is 5.11 Å². The molecule has 0 aliphatic carbocycles. The first-order valence-corrected chi connectivity index (χ1v) is 6.72. The number of halogens is 19. The fraction of sp³-hybridized carbons (Fsp3) is 0.818. The van der Waals surface area contributed by atoms with Crippen LogP contribution in [0.2, 0.25) is 0 Å². The summed E-state index contributed by atoms with van der Waals surface area (Å²) in [5.74, 6) is -77.9. The number of Topliss-reactive ketones (excluding diaryl/α,β-unsaturated/α-hetero) is 1. The number of hydrogen-bond acceptors (Lipinski definition) is 2. The molecule has 0 bridgehead atoms. The van der Waals surface area contributed by atoms with Gasteiger partial charge in [-0.25, -0.2) is 4.79 Å². The van der Waals surface area contributed by atoms with Gasteiger partial charge in [-0.1, -0.05) is 0 Å². The van der Waals surface area contributed by atoms with E-state index in [-0.39, 0.29) is 0 Å². The minimum atomic E-state index is -9.13. The molecule has 0 atom stereocenters. The highest BCUT2D eigenvalue weighted by atomic mass is 19.4. The van der Waals surface area contributed by atoms with Gasteiger partial charge in [0.1, 0.15) is 0 Å². The maximum Gasteiger partial charge on any atom is 0.460 e. The molecule has 0 saturated carbocycles. The average Bonchev–Trinajstić information content (AvgIpc) is 2.58. The minimum absolute atomic E-state index is 3.84. The van der Waals surface area contributed by atoms with Crippen LogP contribution in [-0.2, 0) is 9.59 Å². The van der Waals surface area contributed by atoms with E-state index in [1.54, 1.807) is 0 Å². The number of carboxylic acids is 1. The molecular formula is C11HF19O3. The minimum Gasteiger partial charge on any atom is -0.475 e. The van der Waals surface area contributed by atoms with Crippen molar-refractivity contribution in [3.63, 3.8) is 0 Å². The molecular weight excluding hydrogens is 541 g/mol. The number of rotatable bonds is 9. The lowest BCUT2D eigenvalue weighted by atomic mass is 9.86. The van der Waals surface area contributed by atoms with Gasteiger partial charge in [0.25, 0.3) is 0 Å². The van der Waals surface area contributed by atoms with Crippen molar-refractivity contribution in [1.82, 2.24) is 0 Å². The van der Waals surface area contributed by atoms with E-state index in [1.165, 1.54) is 0 Å². The Kier molecular flexibility index (Phi) is 6.91. The van der Waals surface area contributed by atoms with Crippen molar-refractivity contribution in [1.29, 1.82) is 0 Å². The number of aliphatic carboxylic acids is 1. The Balaban J connectivity index is 7.02. The summed E-state index contributed by atoms with van der Waals surface area (Å²) in [4.78, 5) is 20.3. The summed E-state index contributed by atoms with van der Waals surface area (Å²) >= 11 is 0. The number of alkyl halides is 19. The fourth-order valence-electron chi connectivity index (χ4n) is 1.64. The number of hydrogen-bond donors (Lipinski definition) is 1. The summed E-state index contributed by atoms with van der Waals surface area (Å²) in [6.07, 6.45) is -7.99. The Bertz CT molecular complexity index is 791. The molecule has 3 nitrogen and oxygen atoms in total. The molecule has 0 unspecified atom stereocenters. The molecule has 0 aromatic heterocycles. The Morgan fingerprint density at radius 1 is 0.394 bits per heavy atom. The van der Waals surface area contributed by atoms with Crippen LogP contribution in [0, 0.1) is 0 Å². The summed E-state index contributed by atoms with van der Waals surface area (Å²) in [6, 6.07) is 0. The first-order valence-electron chi connectivity index (χ1n) is 6.72. The summed E-state index contributed by atoms with van der Waals surface area (Å²) in [5, 5.41) is 7.76. The standard InChI is InChI=1S/C11HF19O3/c12-3(13,1(31)2(32)33)4(14,15)5(16,17)6(18,19)7(20,21)8(22,23)9(24,25)10(26,27)11(28,29)30/h(H,32,33). The first kappa shape index (κ1) is 30.8. The van der Waals surface area contributed by atoms with E-state index < -0.39 is 65.3 Å². The second-order valence-electron chi connectivity index (χ2n) is 5.73. The molecule has 22 heteroatoms. The molecule has 0 rings (SSSR count). The van der Waals surface area contributed by atoms with Gasteiger partial charge in [0.05, 0.1) is 0 Å². The van der Waals surface area contributed by atoms with E-state index in [1.807, 2.05) is 0 Å². The Labute approximate surface area is 165 Å². The number of carbonyl (C=O) groups excluding carboxylic acids is 1. The van der Waals surface area contributed by atoms with Crippen molar-refractivity contribution in [2.24, 2.45) is 0 Å². The molecule has 0 amide bonds. The molecule has 196 valence electrons. The molecule has 1 N–H and O–H groups in total. The van der Waals surface area contributed by atoms with E-state index in [4.69, 9.17) is 5.11 Å². The van der Waals surface area contributed by atoms with Crippen LogP contribution in [0.25, 0.3) is 0 Å². The topological polar surface area (TPSA) is 54.4 Å². The highest BCUT2D eigenvalue weighted by molar-refractivity contribution is 6.35. The van der Waals surface area contributed by atoms with Crippen molar-refractivity contribution in [2.45, 2.75) is 53.6 Å². The molecule has 0 spiro atoms. The summed E-state index contributed by atoms with van der Waals surface area (Å²) in [7, 11) is 0. The zero-order chi connectivity index (χ0) is 27.7. The van der Waals surface area contributed by atoms with Crippen LogP contribution in [0.1, 0.15) is 0 Å². The van der Waals surface area contributed by atoms with Crippen LogP contribution in [-0.4, -0.2) is 70.4 Å². The molecule has 0 saturated heterocycles. The molecule has 0 aliphatic rings. The molecule has 0 fully saturated rings. The van der Waals surface area contributed by atoms with Crippen LogP contribution >= 0.6 is 0 Å². The predicted octanol–water partition coefficient (Wildman–Crippen LogP) is 5.28. The van der Waals surface area contributed by atoms with Gasteiger partial charge in [-0.2, -0.15) is 83.4 Å². The van der Waals surface area contributed by atoms with Crippen LogP contribution in [0.4, 0.5) is 83.4 Å². The van der Waals surface area contributed by atoms with Gasteiger partial charge in [0.2, 0.25) is 0 Å². The molecule has 0 heterocycles. The van der Waals surface area contributed by atoms with Crippen molar-refractivity contribution >= 4 is 11.8 Å². The van der Waals surface area contributed by atoms with Crippen molar-refractivity contribution < 1.29 is 98.1 Å². The molecule has 33 heavy (non-hydrogen) atoms. The number of ketones is 1. The smallest absolute Gasteiger partial charge is 0.460 e. The van der Waals surface area contributed by atoms with Crippen LogP contribution in [0.15, 0.2) is 0 Å². The highest BCUT2D eigenvalue weighted by Crippen LogP contribution is 2.65. The van der Waals surface area contributed by atoms with E-state index in [9.17, 15) is 93.0 Å². The third-order valence-corrected chi connectivity index (χ3v) is 3.60. The lowest BCUT2D eigenvalue weighted by Crippen LogP contribution is -2.76. The maximum absolute atomic E-state index is 13.3. The number of carboxylic acid groups (broad SMARTS) is 1. The van der Waals surface area contributed by atoms with E-state index in [2.05, 4.69) is 0 Å². The van der Waals surface area contributed by atoms with Gasteiger partial charge in [0.15, 0.2) is 0 Å². The summed E-state index contributed by atoms with van der Waals surface area (Å²) in [5.41, 5.74) is 0. The Hall–Kier alpha value is -2.19. The molecule has 0 aromatic carbocycles. The molecule has 0 aliphatic heterocycles. The zero-order valence-electron chi connectivity index (χ0n) is 13.9. The van der Waals surface area contributed by atoms with Crippen LogP contribution in [0.5, 0.6) is 0 Å². The van der Waals surface area contributed by atoms with E-state index in [0.29, 0.717) is 0 Å². The Morgan fingerprint density at radius 3 is 0.818 bits per heavy atom. The lowest BCUT2D eigenvalue weighted by molar-refractivity contribution is -0.467. The van der Waals surface area contributed by atoms with Gasteiger partial charge in [0, 0.05) is 0 Å². The second-order valence-corrected chi connectivity index (χ2v) is 5.73. The molecule has 0 aromatic rings. The largest absolute Gasteiger partial charge is 0.475 e. The second kappa shape index (κ2) is 7.40. The monoisotopic (exact) mass is 542 g/mol. The third kappa shape index (κ3) is 3.62. The Morgan fingerprint density at radius 2 is 0.606 bits per heavy atom. The maximum atomic E-state index is 13.3. The van der Waals surface area contributed by atoms with Gasteiger partial charge in [-0.3, -0.25) is 4.79 Å². The van der Waals surface area contributed by atoms with Gasteiger partial charge >= 0.3 is 65.3 Å². The van der Waals surface area contributed by atoms with Crippen LogP contribution < -0.4 is 0 Å². The fourth-order valence-corrected chi connectivity index (χ4v) is 1.64. The van der Waals surface area contributed by atoms with E-state index in [0.717, 1.165) is 0 Å². The zero-order valence-corrected chi connectivity index (χ0v) is 13.9. The van der Waals surface area contributed by atoms with E-state index >= 15 is 0 Å². The van der Waals surface area contributed by atoms with Crippen molar-refractivity contribution in [3.8, 4) is 0 Å². The number of carbonyl (C=O) groups is 2. The van der Waals surface area contributed by atoms with Gasteiger partial charge in [-0.15, -0.1) is 0 Å². The summed E-state index contributed by atoms with van der Waals surface area (Å²) < 4.78 is 244. The van der Waals surface area contributed by atoms with Crippen LogP contribution in [0.3, 0.4) is 0 Å². The predicted molar refractivity (Wildman–Crippen MR) is 58.3 cm³/mol. The first-order chi connectivity index (χ1) is 13.9. The normalized spacial score (nSPS) is 16.1. The lowest BCUT2D eigenvalue weighted by Gasteiger charge is -2.43. The summed E-state index contributed by atoms with van der Waals surface area (Å²) in [6.45, 7) is 0.